The Morgan fingerprint density at radius 1 is 1.09 bits per heavy atom. The summed E-state index contributed by atoms with van der Waals surface area (Å²) < 4.78 is 44.2. The topological polar surface area (TPSA) is 88.5 Å². The maximum absolute atomic E-state index is 12.8. The fourth-order valence-electron chi connectivity index (χ4n) is 3.20. The first-order chi connectivity index (χ1) is 15.9. The highest BCUT2D eigenvalue weighted by molar-refractivity contribution is 5.98. The fourth-order valence-corrected chi connectivity index (χ4v) is 3.20. The maximum atomic E-state index is 12.8. The number of anilines is 1. The number of amidine groups is 1. The molecule has 0 radical (unpaired) electrons. The van der Waals surface area contributed by atoms with E-state index in [2.05, 4.69) is 25.6 Å². The average Bonchev–Trinajstić information content (AvgIpc) is 3.33. The number of halogens is 3. The van der Waals surface area contributed by atoms with Crippen molar-refractivity contribution in [1.29, 1.82) is 0 Å². The number of carbonyl (C=O) groups excluding carboxylic acids is 1. The van der Waals surface area contributed by atoms with Crippen LogP contribution in [0.3, 0.4) is 0 Å². The Hall–Kier alpha value is -3.95. The van der Waals surface area contributed by atoms with E-state index in [0.717, 1.165) is 24.0 Å². The number of benzene rings is 1. The molecule has 1 amide bonds. The van der Waals surface area contributed by atoms with Crippen molar-refractivity contribution in [1.82, 2.24) is 15.3 Å². The van der Waals surface area contributed by atoms with Gasteiger partial charge in [0.1, 0.15) is 34.5 Å². The highest BCUT2D eigenvalue weighted by Crippen LogP contribution is 2.28. The van der Waals surface area contributed by atoms with Crippen molar-refractivity contribution in [2.75, 3.05) is 18.4 Å². The SMILES string of the molecule is O=C(CCc1cccc(Oc2ccnc(C3=NCCN3)c2)c1)Nc1cccc(C(F)(F)F)n1. The second kappa shape index (κ2) is 9.68. The third-order valence-corrected chi connectivity index (χ3v) is 4.73. The number of carbonyl (C=O) groups is 1. The fraction of sp³-hybridized carbons (Fsp3) is 0.217. The zero-order chi connectivity index (χ0) is 23.3. The summed E-state index contributed by atoms with van der Waals surface area (Å²) in [4.78, 5) is 24.3. The number of hydrogen-bond donors (Lipinski definition) is 2. The summed E-state index contributed by atoms with van der Waals surface area (Å²) >= 11 is 0. The second-order valence-electron chi connectivity index (χ2n) is 7.24. The number of alkyl halides is 3. The summed E-state index contributed by atoms with van der Waals surface area (Å²) in [5.74, 6) is 1.35. The maximum Gasteiger partial charge on any atom is 0.433 e. The number of pyridine rings is 2. The molecule has 1 aliphatic rings. The lowest BCUT2D eigenvalue weighted by Gasteiger charge is -2.10. The molecule has 0 saturated carbocycles. The zero-order valence-corrected chi connectivity index (χ0v) is 17.4. The molecule has 7 nitrogen and oxygen atoms in total. The van der Waals surface area contributed by atoms with Crippen LogP contribution in [0.4, 0.5) is 19.0 Å². The smallest absolute Gasteiger partial charge is 0.433 e. The molecule has 3 heterocycles. The Morgan fingerprint density at radius 3 is 2.70 bits per heavy atom. The van der Waals surface area contributed by atoms with Crippen molar-refractivity contribution in [3.8, 4) is 11.5 Å². The monoisotopic (exact) mass is 455 g/mol. The quantitative estimate of drug-likeness (QED) is 0.557. The molecular weight excluding hydrogens is 435 g/mol. The Morgan fingerprint density at radius 2 is 1.91 bits per heavy atom. The Balaban J connectivity index is 1.35. The lowest BCUT2D eigenvalue weighted by Crippen LogP contribution is -2.20. The van der Waals surface area contributed by atoms with Gasteiger partial charge < -0.3 is 15.4 Å². The number of rotatable bonds is 7. The minimum Gasteiger partial charge on any atom is -0.457 e. The highest BCUT2D eigenvalue weighted by Gasteiger charge is 2.32. The number of aliphatic imine (C=N–C) groups is 1. The number of aromatic nitrogens is 2. The van der Waals surface area contributed by atoms with Crippen LogP contribution in [0.15, 0.2) is 65.8 Å². The van der Waals surface area contributed by atoms with Crippen molar-refractivity contribution >= 4 is 17.6 Å². The van der Waals surface area contributed by atoms with Crippen molar-refractivity contribution in [3.63, 3.8) is 0 Å². The number of nitrogens with one attached hydrogen (secondary N) is 2. The lowest BCUT2D eigenvalue weighted by atomic mass is 10.1. The van der Waals surface area contributed by atoms with Crippen LogP contribution in [-0.4, -0.2) is 34.8 Å². The van der Waals surface area contributed by atoms with Gasteiger partial charge in [0.05, 0.1) is 6.54 Å². The number of amides is 1. The van der Waals surface area contributed by atoms with E-state index in [-0.39, 0.29) is 12.2 Å². The molecule has 10 heteroatoms. The summed E-state index contributed by atoms with van der Waals surface area (Å²) in [6.07, 6.45) is -2.47. The summed E-state index contributed by atoms with van der Waals surface area (Å²) in [5, 5.41) is 5.57. The molecule has 0 atom stereocenters. The summed E-state index contributed by atoms with van der Waals surface area (Å²) in [5.41, 5.74) is 0.483. The van der Waals surface area contributed by atoms with Crippen molar-refractivity contribution in [2.45, 2.75) is 19.0 Å². The normalized spacial score (nSPS) is 13.2. The van der Waals surface area contributed by atoms with Crippen LogP contribution < -0.4 is 15.4 Å². The van der Waals surface area contributed by atoms with Crippen LogP contribution in [0.5, 0.6) is 11.5 Å². The van der Waals surface area contributed by atoms with Crippen molar-refractivity contribution in [2.24, 2.45) is 4.99 Å². The standard InChI is InChI=1S/C23H20F3N5O2/c24-23(25,26)19-5-2-6-20(30-19)31-21(32)8-7-15-3-1-4-16(13-15)33-17-9-10-27-18(14-17)22-28-11-12-29-22/h1-6,9-10,13-14H,7-8,11-12H2,(H,28,29)(H,30,31,32). The van der Waals surface area contributed by atoms with Crippen LogP contribution in [0.1, 0.15) is 23.4 Å². The first-order valence-electron chi connectivity index (χ1n) is 10.2. The van der Waals surface area contributed by atoms with Gasteiger partial charge in [-0.1, -0.05) is 18.2 Å². The van der Waals surface area contributed by atoms with Gasteiger partial charge in [-0.15, -0.1) is 0 Å². The van der Waals surface area contributed by atoms with Crippen LogP contribution in [0, 0.1) is 0 Å². The van der Waals surface area contributed by atoms with E-state index in [9.17, 15) is 18.0 Å². The Bertz CT molecular complexity index is 1180. The predicted octanol–water partition coefficient (Wildman–Crippen LogP) is 4.21. The predicted molar refractivity (Wildman–Crippen MR) is 116 cm³/mol. The number of aryl methyl sites for hydroxylation is 1. The Labute approximate surface area is 187 Å². The van der Waals surface area contributed by atoms with Gasteiger partial charge in [-0.3, -0.25) is 14.8 Å². The van der Waals surface area contributed by atoms with Gasteiger partial charge in [0.2, 0.25) is 5.91 Å². The summed E-state index contributed by atoms with van der Waals surface area (Å²) in [6.45, 7) is 1.49. The van der Waals surface area contributed by atoms with E-state index in [1.54, 1.807) is 30.5 Å². The minimum atomic E-state index is -4.57. The third-order valence-electron chi connectivity index (χ3n) is 4.73. The van der Waals surface area contributed by atoms with Crippen molar-refractivity contribution < 1.29 is 22.7 Å². The largest absolute Gasteiger partial charge is 0.457 e. The van der Waals surface area contributed by atoms with Crippen LogP contribution >= 0.6 is 0 Å². The molecule has 2 aromatic heterocycles. The van der Waals surface area contributed by atoms with Gasteiger partial charge in [-0.05, 0) is 42.3 Å². The average molecular weight is 455 g/mol. The number of hydrogen-bond acceptors (Lipinski definition) is 6. The third kappa shape index (κ3) is 6.06. The molecule has 0 aliphatic carbocycles. The summed E-state index contributed by atoms with van der Waals surface area (Å²) in [7, 11) is 0. The van der Waals surface area contributed by atoms with Gasteiger partial charge in [0.25, 0.3) is 0 Å². The second-order valence-corrected chi connectivity index (χ2v) is 7.24. The van der Waals surface area contributed by atoms with Crippen LogP contribution in [0.2, 0.25) is 0 Å². The molecule has 0 saturated heterocycles. The van der Waals surface area contributed by atoms with E-state index in [0.29, 0.717) is 30.2 Å². The molecule has 0 bridgehead atoms. The Kier molecular flexibility index (Phi) is 6.53. The molecule has 1 aromatic carbocycles. The van der Waals surface area contributed by atoms with E-state index in [1.807, 2.05) is 12.1 Å². The molecule has 170 valence electrons. The molecular formula is C23H20F3N5O2. The molecule has 0 fully saturated rings. The summed E-state index contributed by atoms with van der Waals surface area (Å²) in [6, 6.07) is 14.1. The molecule has 4 rings (SSSR count). The van der Waals surface area contributed by atoms with Gasteiger partial charge in [0.15, 0.2) is 0 Å². The van der Waals surface area contributed by atoms with Gasteiger partial charge in [0, 0.05) is 25.2 Å². The number of ether oxygens (including phenoxy) is 1. The van der Waals surface area contributed by atoms with E-state index < -0.39 is 17.8 Å². The van der Waals surface area contributed by atoms with E-state index >= 15 is 0 Å². The van der Waals surface area contributed by atoms with Gasteiger partial charge >= 0.3 is 6.18 Å². The van der Waals surface area contributed by atoms with Crippen molar-refractivity contribution in [3.05, 3.63) is 77.7 Å². The molecule has 2 N–H and O–H groups in total. The molecule has 0 unspecified atom stereocenters. The zero-order valence-electron chi connectivity index (χ0n) is 17.4. The van der Waals surface area contributed by atoms with E-state index in [1.165, 1.54) is 12.1 Å². The number of nitrogens with zero attached hydrogens (tertiary/aromatic N) is 3. The van der Waals surface area contributed by atoms with E-state index in [4.69, 9.17) is 4.74 Å². The molecule has 1 aliphatic heterocycles. The van der Waals surface area contributed by atoms with Crippen LogP contribution in [-0.2, 0) is 17.4 Å². The van der Waals surface area contributed by atoms with Gasteiger partial charge in [-0.2, -0.15) is 13.2 Å². The first-order valence-corrected chi connectivity index (χ1v) is 10.2. The highest BCUT2D eigenvalue weighted by atomic mass is 19.4. The lowest BCUT2D eigenvalue weighted by molar-refractivity contribution is -0.141. The first kappa shape index (κ1) is 22.3. The molecule has 0 spiro atoms. The minimum absolute atomic E-state index is 0.0757. The molecule has 33 heavy (non-hydrogen) atoms. The van der Waals surface area contributed by atoms with Gasteiger partial charge in [-0.25, -0.2) is 4.98 Å². The molecule has 3 aromatic rings. The van der Waals surface area contributed by atoms with Crippen LogP contribution in [0.25, 0.3) is 0 Å².